The normalized spacial score (nSPS) is 21.0. The van der Waals surface area contributed by atoms with Gasteiger partial charge in [0, 0.05) is 26.1 Å². The molecule has 0 unspecified atom stereocenters. The van der Waals surface area contributed by atoms with E-state index in [9.17, 15) is 4.79 Å². The number of ether oxygens (including phenoxy) is 1. The number of amides is 1. The van der Waals surface area contributed by atoms with Crippen LogP contribution in [0.25, 0.3) is 0 Å². The van der Waals surface area contributed by atoms with E-state index in [1.165, 1.54) is 0 Å². The largest absolute Gasteiger partial charge is 0.494 e. The topological polar surface area (TPSA) is 82.0 Å². The molecule has 3 N–H and O–H groups in total. The Morgan fingerprint density at radius 3 is 2.71 bits per heavy atom. The van der Waals surface area contributed by atoms with Gasteiger partial charge in [-0.3, -0.25) is 9.69 Å². The van der Waals surface area contributed by atoms with Crippen LogP contribution in [-0.2, 0) is 11.3 Å². The van der Waals surface area contributed by atoms with E-state index >= 15 is 0 Å². The summed E-state index contributed by atoms with van der Waals surface area (Å²) in [4.78, 5) is 14.6. The van der Waals surface area contributed by atoms with Crippen LogP contribution in [0.5, 0.6) is 5.75 Å². The van der Waals surface area contributed by atoms with E-state index in [0.717, 1.165) is 30.7 Å². The number of aliphatic hydroxyl groups excluding tert-OH is 2. The monoisotopic (exact) mass is 336 g/mol. The first-order chi connectivity index (χ1) is 11.6. The van der Waals surface area contributed by atoms with Gasteiger partial charge in [-0.1, -0.05) is 12.1 Å². The second kappa shape index (κ2) is 9.01. The van der Waals surface area contributed by atoms with Gasteiger partial charge in [0.05, 0.1) is 18.8 Å². The van der Waals surface area contributed by atoms with Crippen LogP contribution < -0.4 is 10.1 Å². The maximum absolute atomic E-state index is 12.4. The van der Waals surface area contributed by atoms with Crippen molar-refractivity contribution in [1.82, 2.24) is 10.2 Å². The van der Waals surface area contributed by atoms with Gasteiger partial charge in [-0.2, -0.15) is 0 Å². The predicted molar refractivity (Wildman–Crippen MR) is 91.8 cm³/mol. The Balaban J connectivity index is 1.95. The number of carbonyl (C=O) groups is 1. The van der Waals surface area contributed by atoms with Gasteiger partial charge in [-0.15, -0.1) is 0 Å². The third-order valence-corrected chi connectivity index (χ3v) is 4.54. The summed E-state index contributed by atoms with van der Waals surface area (Å²) in [6.07, 6.45) is 2.44. The zero-order valence-electron chi connectivity index (χ0n) is 14.3. The zero-order chi connectivity index (χ0) is 17.4. The maximum atomic E-state index is 12.4. The minimum atomic E-state index is -0.522. The van der Waals surface area contributed by atoms with Crippen LogP contribution in [0.3, 0.4) is 0 Å². The Hall–Kier alpha value is -1.63. The van der Waals surface area contributed by atoms with Crippen LogP contribution in [0.1, 0.15) is 31.7 Å². The maximum Gasteiger partial charge on any atom is 0.240 e. The number of hydrogen-bond donors (Lipinski definition) is 3. The molecule has 24 heavy (non-hydrogen) atoms. The van der Waals surface area contributed by atoms with Crippen LogP contribution in [0.4, 0.5) is 0 Å². The molecule has 0 bridgehead atoms. The highest BCUT2D eigenvalue weighted by atomic mass is 16.5. The molecule has 0 aromatic heterocycles. The van der Waals surface area contributed by atoms with Crippen molar-refractivity contribution in [2.45, 2.75) is 38.3 Å². The number of nitrogens with one attached hydrogen (secondary N) is 1. The lowest BCUT2D eigenvalue weighted by Gasteiger charge is -2.34. The lowest BCUT2D eigenvalue weighted by molar-refractivity contribution is -0.131. The van der Waals surface area contributed by atoms with Gasteiger partial charge in [0.2, 0.25) is 5.91 Å². The molecular formula is C18H28N2O4. The van der Waals surface area contributed by atoms with Crippen molar-refractivity contribution in [1.29, 1.82) is 0 Å². The average Bonchev–Trinajstić information content (AvgIpc) is 2.96. The molecule has 6 nitrogen and oxygen atoms in total. The molecule has 0 saturated carbocycles. The first kappa shape index (κ1) is 18.7. The Morgan fingerprint density at radius 2 is 2.04 bits per heavy atom. The predicted octanol–water partition coefficient (Wildman–Crippen LogP) is 0.911. The molecule has 2 rings (SSSR count). The minimum absolute atomic E-state index is 0.0157. The zero-order valence-corrected chi connectivity index (χ0v) is 14.3. The molecule has 1 aromatic rings. The highest BCUT2D eigenvalue weighted by Crippen LogP contribution is 2.31. The molecule has 1 aromatic carbocycles. The Labute approximate surface area is 143 Å². The van der Waals surface area contributed by atoms with E-state index < -0.39 is 5.54 Å². The van der Waals surface area contributed by atoms with Crippen LogP contribution in [0, 0.1) is 0 Å². The summed E-state index contributed by atoms with van der Waals surface area (Å²) in [6, 6.07) is 7.87. The lowest BCUT2D eigenvalue weighted by atomic mass is 9.97. The summed E-state index contributed by atoms with van der Waals surface area (Å²) >= 11 is 0. The molecule has 1 aliphatic rings. The summed E-state index contributed by atoms with van der Waals surface area (Å²) in [5, 5.41) is 20.5. The molecule has 1 aliphatic heterocycles. The van der Waals surface area contributed by atoms with Gasteiger partial charge >= 0.3 is 0 Å². The Morgan fingerprint density at radius 1 is 1.29 bits per heavy atom. The molecule has 1 heterocycles. The van der Waals surface area contributed by atoms with Crippen LogP contribution in [0.2, 0.25) is 0 Å². The first-order valence-corrected chi connectivity index (χ1v) is 8.57. The van der Waals surface area contributed by atoms with Gasteiger partial charge in [0.15, 0.2) is 0 Å². The molecule has 1 saturated heterocycles. The van der Waals surface area contributed by atoms with E-state index in [2.05, 4.69) is 10.2 Å². The number of carbonyl (C=O) groups excluding carboxylic acids is 1. The average molecular weight is 336 g/mol. The van der Waals surface area contributed by atoms with Crippen LogP contribution in [-0.4, -0.2) is 59.5 Å². The van der Waals surface area contributed by atoms with Gasteiger partial charge in [-0.05, 0) is 44.0 Å². The molecule has 134 valence electrons. The highest BCUT2D eigenvalue weighted by Gasteiger charge is 2.42. The van der Waals surface area contributed by atoms with Gasteiger partial charge < -0.3 is 20.3 Å². The summed E-state index contributed by atoms with van der Waals surface area (Å²) in [7, 11) is 0. The van der Waals surface area contributed by atoms with Crippen molar-refractivity contribution in [3.05, 3.63) is 29.8 Å². The summed E-state index contributed by atoms with van der Waals surface area (Å²) in [6.45, 7) is 4.45. The SMILES string of the molecule is C[C@]1(C(=O)NCCO)CCCN1Cc1ccc(OCCCO)cc1. The van der Waals surface area contributed by atoms with E-state index in [1.54, 1.807) is 0 Å². The van der Waals surface area contributed by atoms with E-state index in [1.807, 2.05) is 31.2 Å². The third-order valence-electron chi connectivity index (χ3n) is 4.54. The Bertz CT molecular complexity index is 520. The van der Waals surface area contributed by atoms with E-state index in [4.69, 9.17) is 14.9 Å². The van der Waals surface area contributed by atoms with Crippen molar-refractivity contribution in [2.24, 2.45) is 0 Å². The minimum Gasteiger partial charge on any atom is -0.494 e. The molecular weight excluding hydrogens is 308 g/mol. The molecule has 1 fully saturated rings. The number of hydrogen-bond acceptors (Lipinski definition) is 5. The summed E-state index contributed by atoms with van der Waals surface area (Å²) in [5.74, 6) is 0.773. The number of aliphatic hydroxyl groups is 2. The van der Waals surface area contributed by atoms with Crippen molar-refractivity contribution >= 4 is 5.91 Å². The smallest absolute Gasteiger partial charge is 0.240 e. The molecule has 0 radical (unpaired) electrons. The van der Waals surface area contributed by atoms with Gasteiger partial charge in [0.1, 0.15) is 5.75 Å². The van der Waals surface area contributed by atoms with Crippen molar-refractivity contribution < 1.29 is 19.7 Å². The number of benzene rings is 1. The second-order valence-electron chi connectivity index (χ2n) is 6.35. The molecule has 0 aliphatic carbocycles. The first-order valence-electron chi connectivity index (χ1n) is 8.57. The second-order valence-corrected chi connectivity index (χ2v) is 6.35. The summed E-state index contributed by atoms with van der Waals surface area (Å²) < 4.78 is 5.53. The van der Waals surface area contributed by atoms with E-state index in [-0.39, 0.29) is 19.1 Å². The van der Waals surface area contributed by atoms with Gasteiger partial charge in [0.25, 0.3) is 0 Å². The fourth-order valence-electron chi connectivity index (χ4n) is 3.06. The molecule has 6 heteroatoms. The summed E-state index contributed by atoms with van der Waals surface area (Å²) in [5.41, 5.74) is 0.610. The van der Waals surface area contributed by atoms with E-state index in [0.29, 0.717) is 26.1 Å². The Kier molecular flexibility index (Phi) is 7.02. The van der Waals surface area contributed by atoms with Crippen molar-refractivity contribution in [2.75, 3.05) is 32.9 Å². The quantitative estimate of drug-likeness (QED) is 0.584. The molecule has 0 spiro atoms. The molecule has 1 atom stereocenters. The van der Waals surface area contributed by atoms with Gasteiger partial charge in [-0.25, -0.2) is 0 Å². The standard InChI is InChI=1S/C18H28N2O4/c1-18(17(23)19-9-12-22)8-2-10-20(18)14-15-4-6-16(7-5-15)24-13-3-11-21/h4-7,21-22H,2-3,8-14H2,1H3,(H,19,23)/t18-/m1/s1. The fraction of sp³-hybridized carbons (Fsp3) is 0.611. The van der Waals surface area contributed by atoms with Crippen LogP contribution in [0.15, 0.2) is 24.3 Å². The third kappa shape index (κ3) is 4.69. The fourth-order valence-corrected chi connectivity index (χ4v) is 3.06. The number of nitrogens with zero attached hydrogens (tertiary/aromatic N) is 1. The number of rotatable bonds is 9. The van der Waals surface area contributed by atoms with Crippen molar-refractivity contribution in [3.63, 3.8) is 0 Å². The van der Waals surface area contributed by atoms with Crippen molar-refractivity contribution in [3.8, 4) is 5.75 Å². The number of likely N-dealkylation sites (tertiary alicyclic amines) is 1. The van der Waals surface area contributed by atoms with Crippen LogP contribution >= 0.6 is 0 Å². The lowest BCUT2D eigenvalue weighted by Crippen LogP contribution is -2.53. The molecule has 1 amide bonds. The highest BCUT2D eigenvalue weighted by molar-refractivity contribution is 5.86.